The summed E-state index contributed by atoms with van der Waals surface area (Å²) in [6, 6.07) is 0. The van der Waals surface area contributed by atoms with Crippen LogP contribution >= 0.6 is 12.2 Å². The van der Waals surface area contributed by atoms with Crippen molar-refractivity contribution in [1.82, 2.24) is 9.55 Å². The molecule has 116 valence electrons. The van der Waals surface area contributed by atoms with Crippen LogP contribution in [0.15, 0.2) is 11.0 Å². The predicted molar refractivity (Wildman–Crippen MR) is 71.8 cm³/mol. The van der Waals surface area contributed by atoms with Crippen LogP contribution in [0.4, 0.5) is 0 Å². The highest BCUT2D eigenvalue weighted by Gasteiger charge is 2.43. The van der Waals surface area contributed by atoms with Crippen molar-refractivity contribution < 1.29 is 24.9 Å². The number of aromatic amines is 1. The number of hydrogen-bond donors (Lipinski definition) is 5. The van der Waals surface area contributed by atoms with E-state index < -0.39 is 42.6 Å². The summed E-state index contributed by atoms with van der Waals surface area (Å²) in [5.74, 6) is -0.703. The molecule has 1 aliphatic rings. The van der Waals surface area contributed by atoms with Crippen molar-refractivity contribution in [3.8, 4) is 0 Å². The van der Waals surface area contributed by atoms with Crippen molar-refractivity contribution >= 4 is 18.1 Å². The highest BCUT2D eigenvalue weighted by Crippen LogP contribution is 2.29. The molecule has 0 saturated carbocycles. The molecule has 9 nitrogen and oxygen atoms in total. The molecular formula is C11H15N3O6S. The van der Waals surface area contributed by atoms with Crippen LogP contribution in [0.1, 0.15) is 11.8 Å². The number of aliphatic hydroxyl groups is 3. The lowest BCUT2D eigenvalue weighted by molar-refractivity contribution is -0.117. The molecule has 0 unspecified atom stereocenters. The summed E-state index contributed by atoms with van der Waals surface area (Å²) in [6.45, 7) is -0.487. The number of nitrogens with one attached hydrogen (secondary N) is 1. The Morgan fingerprint density at radius 1 is 1.48 bits per heavy atom. The minimum Gasteiger partial charge on any atom is -0.394 e. The zero-order valence-electron chi connectivity index (χ0n) is 10.8. The van der Waals surface area contributed by atoms with Gasteiger partial charge in [-0.2, -0.15) is 0 Å². The molecule has 1 fully saturated rings. The minimum atomic E-state index is -1.35. The van der Waals surface area contributed by atoms with Gasteiger partial charge in [-0.25, -0.2) is 0 Å². The first kappa shape index (κ1) is 15.8. The van der Waals surface area contributed by atoms with Gasteiger partial charge in [0, 0.05) is 11.8 Å². The Hall–Kier alpha value is -1.59. The summed E-state index contributed by atoms with van der Waals surface area (Å²) in [5, 5.41) is 28.7. The molecule has 0 aromatic carbocycles. The van der Waals surface area contributed by atoms with Crippen LogP contribution in [0.2, 0.25) is 0 Å². The predicted octanol–water partition coefficient (Wildman–Crippen LogP) is -2.45. The normalized spacial score (nSPS) is 28.7. The second-order valence-electron chi connectivity index (χ2n) is 4.69. The number of nitrogens with zero attached hydrogens (tertiary/aromatic N) is 1. The SMILES string of the molecule is NC(=O)Cc1cn([C@@H]2O[C@H](CO)[C@@H](O)[C@H]2O)c(=S)[nH]c1=O. The summed E-state index contributed by atoms with van der Waals surface area (Å²) >= 11 is 4.97. The summed E-state index contributed by atoms with van der Waals surface area (Å²) in [6.07, 6.45) is -3.77. The van der Waals surface area contributed by atoms with Crippen LogP contribution in [-0.4, -0.2) is 55.7 Å². The van der Waals surface area contributed by atoms with E-state index in [1.807, 2.05) is 0 Å². The van der Waals surface area contributed by atoms with E-state index in [-0.39, 0.29) is 16.8 Å². The molecule has 2 heterocycles. The van der Waals surface area contributed by atoms with Crippen molar-refractivity contribution in [2.45, 2.75) is 31.0 Å². The number of H-pyrrole nitrogens is 1. The Bertz CT molecular complexity index is 656. The van der Waals surface area contributed by atoms with Gasteiger partial charge in [0.1, 0.15) is 18.3 Å². The second-order valence-corrected chi connectivity index (χ2v) is 5.08. The summed E-state index contributed by atoms with van der Waals surface area (Å²) in [7, 11) is 0. The first-order chi connectivity index (χ1) is 9.85. The molecular weight excluding hydrogens is 302 g/mol. The maximum Gasteiger partial charge on any atom is 0.255 e. The molecule has 21 heavy (non-hydrogen) atoms. The van der Waals surface area contributed by atoms with E-state index in [9.17, 15) is 19.8 Å². The molecule has 0 aliphatic carbocycles. The van der Waals surface area contributed by atoms with Gasteiger partial charge in [-0.1, -0.05) is 0 Å². The molecule has 1 aromatic heterocycles. The van der Waals surface area contributed by atoms with E-state index in [0.29, 0.717) is 0 Å². The molecule has 0 bridgehead atoms. The van der Waals surface area contributed by atoms with Gasteiger partial charge in [0.2, 0.25) is 5.91 Å². The van der Waals surface area contributed by atoms with Crippen LogP contribution in [0, 0.1) is 4.77 Å². The molecule has 4 atom stereocenters. The standard InChI is InChI=1S/C11H15N3O6S/c12-6(16)1-4-2-14(11(21)13-9(4)19)10-8(18)7(17)5(3-15)20-10/h2,5,7-8,10,15,17-18H,1,3H2,(H2,12,16)(H,13,19,21)/t5-,7-,8-,10-/m1/s1. The fourth-order valence-electron chi connectivity index (χ4n) is 2.14. The zero-order valence-corrected chi connectivity index (χ0v) is 11.6. The van der Waals surface area contributed by atoms with Crippen molar-refractivity contribution in [3.05, 3.63) is 26.9 Å². The Balaban J connectivity index is 2.42. The van der Waals surface area contributed by atoms with E-state index in [4.69, 9.17) is 27.8 Å². The smallest absolute Gasteiger partial charge is 0.255 e. The lowest BCUT2D eigenvalue weighted by atomic mass is 10.1. The van der Waals surface area contributed by atoms with Gasteiger partial charge in [-0.05, 0) is 12.2 Å². The van der Waals surface area contributed by atoms with Crippen LogP contribution in [0.25, 0.3) is 0 Å². The summed E-state index contributed by atoms with van der Waals surface area (Å²) < 4.78 is 6.46. The van der Waals surface area contributed by atoms with Gasteiger partial charge in [0.25, 0.3) is 5.56 Å². The van der Waals surface area contributed by atoms with Crippen molar-refractivity contribution in [3.63, 3.8) is 0 Å². The largest absolute Gasteiger partial charge is 0.394 e. The third kappa shape index (κ3) is 3.04. The number of carbonyl (C=O) groups excluding carboxylic acids is 1. The average Bonchev–Trinajstić information content (AvgIpc) is 2.69. The highest BCUT2D eigenvalue weighted by molar-refractivity contribution is 7.71. The molecule has 0 radical (unpaired) electrons. The van der Waals surface area contributed by atoms with Crippen LogP contribution in [0.3, 0.4) is 0 Å². The topological polar surface area (TPSA) is 151 Å². The molecule has 2 rings (SSSR count). The van der Waals surface area contributed by atoms with Crippen LogP contribution < -0.4 is 11.3 Å². The first-order valence-corrected chi connectivity index (χ1v) is 6.51. The summed E-state index contributed by atoms with van der Waals surface area (Å²) in [4.78, 5) is 24.9. The lowest BCUT2D eigenvalue weighted by Gasteiger charge is -2.19. The molecule has 0 spiro atoms. The van der Waals surface area contributed by atoms with Gasteiger partial charge >= 0.3 is 0 Å². The van der Waals surface area contributed by atoms with Gasteiger partial charge in [0.15, 0.2) is 11.0 Å². The number of amides is 1. The lowest BCUT2D eigenvalue weighted by Crippen LogP contribution is -2.33. The van der Waals surface area contributed by atoms with E-state index in [1.54, 1.807) is 0 Å². The van der Waals surface area contributed by atoms with E-state index >= 15 is 0 Å². The fraction of sp³-hybridized carbons (Fsp3) is 0.545. The van der Waals surface area contributed by atoms with Crippen molar-refractivity contribution in [1.29, 1.82) is 0 Å². The number of aliphatic hydroxyl groups excluding tert-OH is 3. The van der Waals surface area contributed by atoms with Gasteiger partial charge in [-0.3, -0.25) is 19.1 Å². The Kier molecular flexibility index (Phi) is 4.54. The van der Waals surface area contributed by atoms with Crippen LogP contribution in [-0.2, 0) is 16.0 Å². The van der Waals surface area contributed by atoms with Crippen LogP contribution in [0.5, 0.6) is 0 Å². The maximum absolute atomic E-state index is 11.7. The molecule has 1 aromatic rings. The summed E-state index contributed by atoms with van der Waals surface area (Å²) in [5.41, 5.74) is 4.53. The fourth-order valence-corrected chi connectivity index (χ4v) is 2.39. The van der Waals surface area contributed by atoms with Crippen molar-refractivity contribution in [2.75, 3.05) is 6.61 Å². The number of aromatic nitrogens is 2. The number of nitrogens with two attached hydrogens (primary N) is 1. The first-order valence-electron chi connectivity index (χ1n) is 6.10. The second kappa shape index (κ2) is 6.03. The minimum absolute atomic E-state index is 0.0499. The molecule has 1 aliphatic heterocycles. The van der Waals surface area contributed by atoms with E-state index in [0.717, 1.165) is 0 Å². The van der Waals surface area contributed by atoms with Gasteiger partial charge in [0.05, 0.1) is 13.0 Å². The Morgan fingerprint density at radius 3 is 2.67 bits per heavy atom. The quantitative estimate of drug-likeness (QED) is 0.386. The van der Waals surface area contributed by atoms with Gasteiger partial charge < -0.3 is 25.8 Å². The number of ether oxygens (including phenoxy) is 1. The maximum atomic E-state index is 11.7. The average molecular weight is 317 g/mol. The highest BCUT2D eigenvalue weighted by atomic mass is 32.1. The Morgan fingerprint density at radius 2 is 2.14 bits per heavy atom. The number of hydrogen-bond acceptors (Lipinski definition) is 7. The third-order valence-electron chi connectivity index (χ3n) is 3.20. The van der Waals surface area contributed by atoms with Crippen molar-refractivity contribution in [2.24, 2.45) is 5.73 Å². The van der Waals surface area contributed by atoms with E-state index in [1.165, 1.54) is 10.8 Å². The number of rotatable bonds is 4. The zero-order chi connectivity index (χ0) is 15.7. The monoisotopic (exact) mass is 317 g/mol. The Labute approximate surface area is 123 Å². The third-order valence-corrected chi connectivity index (χ3v) is 3.51. The molecule has 1 saturated heterocycles. The molecule has 6 N–H and O–H groups in total. The van der Waals surface area contributed by atoms with E-state index in [2.05, 4.69) is 4.98 Å². The number of primary amides is 1. The number of carbonyl (C=O) groups is 1. The van der Waals surface area contributed by atoms with Gasteiger partial charge in [-0.15, -0.1) is 0 Å². The molecule has 10 heteroatoms. The molecule has 1 amide bonds.